The minimum atomic E-state index is -1.36. The van der Waals surface area contributed by atoms with Gasteiger partial charge in [-0.05, 0) is 78.5 Å². The highest BCUT2D eigenvalue weighted by Crippen LogP contribution is 2.39. The van der Waals surface area contributed by atoms with Gasteiger partial charge in [0.15, 0.2) is 0 Å². The Balaban J connectivity index is 0.000000312. The summed E-state index contributed by atoms with van der Waals surface area (Å²) in [4.78, 5) is 14.2. The van der Waals surface area contributed by atoms with Crippen molar-refractivity contribution in [3.8, 4) is 16.9 Å². The van der Waals surface area contributed by atoms with E-state index in [0.717, 1.165) is 40.2 Å². The van der Waals surface area contributed by atoms with E-state index in [2.05, 4.69) is 50.0 Å². The van der Waals surface area contributed by atoms with Crippen LogP contribution in [0.25, 0.3) is 11.1 Å². The number of carbonyl (C=O) groups is 1. The number of rotatable bonds is 8. The maximum atomic E-state index is 11.5. The monoisotopic (exact) mass is 524 g/mol. The summed E-state index contributed by atoms with van der Waals surface area (Å²) in [6, 6.07) is 19.1. The number of amides is 2. The van der Waals surface area contributed by atoms with Crippen LogP contribution < -0.4 is 20.9 Å². The summed E-state index contributed by atoms with van der Waals surface area (Å²) < 4.78 is 16.4. The molecule has 0 saturated heterocycles. The van der Waals surface area contributed by atoms with Crippen LogP contribution in [0.4, 0.5) is 10.5 Å². The van der Waals surface area contributed by atoms with Crippen molar-refractivity contribution in [1.29, 1.82) is 0 Å². The number of benzene rings is 3. The molecule has 0 aliphatic carbocycles. The first-order chi connectivity index (χ1) is 17.4. The number of nitrogens with two attached hydrogens (primary N) is 2. The molecule has 0 aliphatic heterocycles. The molecule has 3 aromatic rings. The van der Waals surface area contributed by atoms with E-state index in [1.165, 1.54) is 5.56 Å². The first kappa shape index (κ1) is 30.0. The lowest BCUT2D eigenvalue weighted by atomic mass is 9.88. The van der Waals surface area contributed by atoms with Gasteiger partial charge in [0.1, 0.15) is 16.7 Å². The van der Waals surface area contributed by atoms with Gasteiger partial charge in [-0.1, -0.05) is 58.0 Å². The van der Waals surface area contributed by atoms with E-state index in [-0.39, 0.29) is 11.8 Å². The van der Waals surface area contributed by atoms with Crippen LogP contribution in [0.15, 0.2) is 65.6 Å². The Morgan fingerprint density at radius 2 is 1.51 bits per heavy atom. The predicted octanol–water partition coefficient (Wildman–Crippen LogP) is 5.83. The summed E-state index contributed by atoms with van der Waals surface area (Å²) in [5.74, 6) is 1.33. The molecule has 37 heavy (non-hydrogen) atoms. The van der Waals surface area contributed by atoms with Gasteiger partial charge in [0.05, 0.1) is 12.0 Å². The minimum Gasteiger partial charge on any atom is -0.496 e. The molecule has 1 atom stereocenters. The van der Waals surface area contributed by atoms with E-state index in [0.29, 0.717) is 4.90 Å². The van der Waals surface area contributed by atoms with Crippen LogP contribution in [0.2, 0.25) is 0 Å². The summed E-state index contributed by atoms with van der Waals surface area (Å²) in [7, 11) is 4.33. The second-order valence-corrected chi connectivity index (χ2v) is 10.8. The van der Waals surface area contributed by atoms with Crippen LogP contribution in [0.1, 0.15) is 56.2 Å². The number of para-hydroxylation sites is 1. The van der Waals surface area contributed by atoms with Crippen molar-refractivity contribution >= 4 is 22.7 Å². The van der Waals surface area contributed by atoms with Gasteiger partial charge >= 0.3 is 6.03 Å². The van der Waals surface area contributed by atoms with Gasteiger partial charge in [-0.15, -0.1) is 0 Å². The van der Waals surface area contributed by atoms with Gasteiger partial charge in [0, 0.05) is 17.8 Å². The van der Waals surface area contributed by atoms with Crippen LogP contribution in [0.3, 0.4) is 0 Å². The molecular formula is C29H40N4O3S. The number of carbonyl (C=O) groups excluding carboxylic acids is 1. The lowest BCUT2D eigenvalue weighted by molar-refractivity contribution is 0.259. The fourth-order valence-corrected chi connectivity index (χ4v) is 4.40. The number of primary amides is 1. The molecule has 0 heterocycles. The van der Waals surface area contributed by atoms with Gasteiger partial charge < -0.3 is 20.7 Å². The maximum absolute atomic E-state index is 11.5. The third kappa shape index (κ3) is 8.70. The number of ether oxygens (including phenoxy) is 1. The molecule has 3 rings (SSSR count). The number of urea groups is 1. The molecule has 0 bridgehead atoms. The number of nitrogens with one attached hydrogen (secondary N) is 1. The molecule has 3 aromatic carbocycles. The minimum absolute atomic E-state index is 0.249. The maximum Gasteiger partial charge on any atom is 0.316 e. The number of methoxy groups -OCH3 is 1. The van der Waals surface area contributed by atoms with Crippen molar-refractivity contribution in [2.24, 2.45) is 10.9 Å². The van der Waals surface area contributed by atoms with E-state index in [1.807, 2.05) is 50.5 Å². The van der Waals surface area contributed by atoms with E-state index >= 15 is 0 Å². The third-order valence-corrected chi connectivity index (χ3v) is 6.50. The van der Waals surface area contributed by atoms with Crippen LogP contribution in [-0.2, 0) is 17.5 Å². The standard InChI is InChI=1S/C20H26N2O2.C9H14N2OS/c1-12(2)16-10-14(15-8-6-7-9-18(15)24-5)11-17(13(3)4)19(16)22-20(21)23;1-11(2)7-8-3-5-9(6-4-8)13(10)12/h6-13H,1-5H3,(H3,21,22,23);3-6H,7,10H2,1-2H3. The van der Waals surface area contributed by atoms with E-state index in [4.69, 9.17) is 15.6 Å². The number of anilines is 1. The largest absolute Gasteiger partial charge is 0.496 e. The van der Waals surface area contributed by atoms with Gasteiger partial charge in [-0.25, -0.2) is 14.1 Å². The Morgan fingerprint density at radius 1 is 0.973 bits per heavy atom. The predicted molar refractivity (Wildman–Crippen MR) is 154 cm³/mol. The van der Waals surface area contributed by atoms with Crippen molar-refractivity contribution in [3.05, 3.63) is 77.4 Å². The normalized spacial score (nSPS) is 11.8. The molecule has 0 saturated carbocycles. The smallest absolute Gasteiger partial charge is 0.316 e. The van der Waals surface area contributed by atoms with E-state index < -0.39 is 17.0 Å². The molecular weight excluding hydrogens is 484 g/mol. The van der Waals surface area contributed by atoms with Crippen molar-refractivity contribution < 1.29 is 13.7 Å². The highest BCUT2D eigenvalue weighted by atomic mass is 32.2. The first-order valence-electron chi connectivity index (χ1n) is 12.2. The molecule has 200 valence electrons. The lowest BCUT2D eigenvalue weighted by Crippen LogP contribution is -2.22. The van der Waals surface area contributed by atoms with E-state index in [1.54, 1.807) is 19.2 Å². The fraction of sp³-hybridized carbons (Fsp3) is 0.345. The average Bonchev–Trinajstić information content (AvgIpc) is 2.83. The molecule has 0 aliphatic rings. The molecule has 0 aromatic heterocycles. The SMILES string of the molecule is CN(C)Cc1ccc(S(N)=O)cc1.COc1ccccc1-c1cc(C(C)C)c(NC(N)=O)c(C(C)C)c1. The Kier molecular flexibility index (Phi) is 11.3. The van der Waals surface area contributed by atoms with Crippen molar-refractivity contribution in [3.63, 3.8) is 0 Å². The Bertz CT molecular complexity index is 1180. The topological polar surface area (TPSA) is 111 Å². The molecule has 7 nitrogen and oxygen atoms in total. The van der Waals surface area contributed by atoms with Gasteiger partial charge in [-0.2, -0.15) is 0 Å². The molecule has 2 amide bonds. The Labute approximate surface area is 223 Å². The fourth-order valence-electron chi connectivity index (χ4n) is 4.00. The zero-order chi connectivity index (χ0) is 27.7. The lowest BCUT2D eigenvalue weighted by Gasteiger charge is -2.22. The quantitative estimate of drug-likeness (QED) is 0.344. The highest BCUT2D eigenvalue weighted by molar-refractivity contribution is 7.82. The van der Waals surface area contributed by atoms with Crippen molar-refractivity contribution in [2.45, 2.75) is 51.0 Å². The second-order valence-electron chi connectivity index (χ2n) is 9.71. The highest BCUT2D eigenvalue weighted by Gasteiger charge is 2.18. The van der Waals surface area contributed by atoms with Crippen molar-refractivity contribution in [2.75, 3.05) is 26.5 Å². The van der Waals surface area contributed by atoms with E-state index in [9.17, 15) is 9.00 Å². The summed E-state index contributed by atoms with van der Waals surface area (Å²) in [5.41, 5.74) is 11.7. The Hall–Kier alpha value is -3.20. The number of hydrogen-bond acceptors (Lipinski definition) is 4. The summed E-state index contributed by atoms with van der Waals surface area (Å²) >= 11 is 0. The summed E-state index contributed by atoms with van der Waals surface area (Å²) in [6.07, 6.45) is 0. The molecule has 8 heteroatoms. The van der Waals surface area contributed by atoms with Crippen LogP contribution in [-0.4, -0.2) is 36.3 Å². The summed E-state index contributed by atoms with van der Waals surface area (Å²) in [5, 5.41) is 8.05. The molecule has 5 N–H and O–H groups in total. The molecule has 0 radical (unpaired) electrons. The second kappa shape index (κ2) is 13.9. The average molecular weight is 525 g/mol. The zero-order valence-electron chi connectivity index (χ0n) is 22.9. The number of nitrogens with zero attached hydrogens (tertiary/aromatic N) is 1. The molecule has 0 spiro atoms. The molecule has 0 fully saturated rings. The van der Waals surface area contributed by atoms with Crippen LogP contribution in [0.5, 0.6) is 5.75 Å². The Morgan fingerprint density at radius 3 is 1.95 bits per heavy atom. The third-order valence-electron chi connectivity index (χ3n) is 5.76. The zero-order valence-corrected chi connectivity index (χ0v) is 23.7. The van der Waals surface area contributed by atoms with Gasteiger partial charge in [0.25, 0.3) is 0 Å². The van der Waals surface area contributed by atoms with Crippen LogP contribution >= 0.6 is 0 Å². The summed E-state index contributed by atoms with van der Waals surface area (Å²) in [6.45, 7) is 9.32. The van der Waals surface area contributed by atoms with Gasteiger partial charge in [0.2, 0.25) is 0 Å². The molecule has 1 unspecified atom stereocenters. The first-order valence-corrected chi connectivity index (χ1v) is 13.4. The van der Waals surface area contributed by atoms with Crippen molar-refractivity contribution in [1.82, 2.24) is 4.90 Å². The van der Waals surface area contributed by atoms with Gasteiger partial charge in [-0.3, -0.25) is 0 Å². The van der Waals surface area contributed by atoms with Crippen LogP contribution in [0, 0.1) is 0 Å². The number of hydrogen-bond donors (Lipinski definition) is 3.